The Morgan fingerprint density at radius 1 is 1.14 bits per heavy atom. The highest BCUT2D eigenvalue weighted by Crippen LogP contribution is 2.43. The molecule has 0 aromatic heterocycles. The number of allylic oxidation sites excluding steroid dienone is 1. The lowest BCUT2D eigenvalue weighted by Gasteiger charge is -2.33. The number of sulfonamides is 1. The van der Waals surface area contributed by atoms with Crippen LogP contribution in [-0.4, -0.2) is 81.4 Å². The highest BCUT2D eigenvalue weighted by molar-refractivity contribution is 7.89. The number of carbonyl (C=O) groups is 1. The number of aliphatic hydroxyl groups is 1. The molecule has 1 N–H and O–H groups in total. The smallest absolute Gasteiger partial charge is 0.288 e. The molecule has 0 radical (unpaired) electrons. The van der Waals surface area contributed by atoms with Crippen LogP contribution in [0.15, 0.2) is 41.0 Å². The molecule has 0 unspecified atom stereocenters. The van der Waals surface area contributed by atoms with Gasteiger partial charge in [-0.1, -0.05) is 0 Å². The predicted molar refractivity (Wildman–Crippen MR) is 129 cm³/mol. The summed E-state index contributed by atoms with van der Waals surface area (Å²) in [5.74, 6) is 1.62. The molecule has 1 saturated carbocycles. The average Bonchev–Trinajstić information content (AvgIpc) is 3.74. The van der Waals surface area contributed by atoms with Gasteiger partial charge in [-0.2, -0.15) is 4.31 Å². The van der Waals surface area contributed by atoms with Gasteiger partial charge in [0, 0.05) is 32.6 Å². The van der Waals surface area contributed by atoms with Gasteiger partial charge in [0.1, 0.15) is 5.75 Å². The summed E-state index contributed by atoms with van der Waals surface area (Å²) in [4.78, 5) is 15.0. The molecule has 1 aromatic rings. The summed E-state index contributed by atoms with van der Waals surface area (Å²) in [5.41, 5.74) is 0. The largest absolute Gasteiger partial charge is 0.497 e. The second-order valence-electron chi connectivity index (χ2n) is 9.34. The van der Waals surface area contributed by atoms with Gasteiger partial charge >= 0.3 is 0 Å². The van der Waals surface area contributed by atoms with Crippen LogP contribution in [0.4, 0.5) is 0 Å². The lowest BCUT2D eigenvalue weighted by molar-refractivity contribution is -0.156. The molecule has 3 aliphatic rings. The van der Waals surface area contributed by atoms with E-state index in [-0.39, 0.29) is 43.0 Å². The van der Waals surface area contributed by atoms with Gasteiger partial charge in [-0.15, -0.1) is 0 Å². The number of nitrogens with zero attached hydrogens (tertiary/aromatic N) is 2. The van der Waals surface area contributed by atoms with Gasteiger partial charge in [-0.3, -0.25) is 4.79 Å². The van der Waals surface area contributed by atoms with Crippen molar-refractivity contribution in [3.05, 3.63) is 36.1 Å². The fraction of sp³-hybridized carbons (Fsp3) is 0.640. The molecule has 194 valence electrons. The van der Waals surface area contributed by atoms with E-state index in [1.54, 1.807) is 12.1 Å². The second kappa shape index (κ2) is 11.7. The first kappa shape index (κ1) is 25.9. The highest BCUT2D eigenvalue weighted by atomic mass is 32.2. The zero-order valence-corrected chi connectivity index (χ0v) is 21.1. The number of piperidine rings is 1. The molecule has 4 rings (SSSR count). The first-order valence-corrected chi connectivity index (χ1v) is 13.9. The summed E-state index contributed by atoms with van der Waals surface area (Å²) in [7, 11) is -2.30. The van der Waals surface area contributed by atoms with Gasteiger partial charge in [-0.05, 0) is 74.3 Å². The number of benzene rings is 1. The summed E-state index contributed by atoms with van der Waals surface area (Å²) in [6.07, 6.45) is 7.46. The minimum absolute atomic E-state index is 0.0491. The van der Waals surface area contributed by atoms with Crippen molar-refractivity contribution < 1.29 is 32.5 Å². The lowest BCUT2D eigenvalue weighted by atomic mass is 9.96. The second-order valence-corrected chi connectivity index (χ2v) is 11.3. The van der Waals surface area contributed by atoms with Crippen LogP contribution in [0.1, 0.15) is 38.5 Å². The zero-order chi connectivity index (χ0) is 24.8. The molecule has 2 fully saturated rings. The molecule has 1 aliphatic carbocycles. The molecule has 2 heterocycles. The molecular weight excluding hydrogens is 472 g/mol. The van der Waals surface area contributed by atoms with Gasteiger partial charge in [0.15, 0.2) is 5.76 Å². The minimum Gasteiger partial charge on any atom is -0.497 e. The zero-order valence-electron chi connectivity index (χ0n) is 20.3. The van der Waals surface area contributed by atoms with Gasteiger partial charge in [0.05, 0.1) is 25.2 Å². The number of hydrogen-bond donors (Lipinski definition) is 1. The molecule has 1 saturated heterocycles. The third kappa shape index (κ3) is 6.55. The SMILES string of the molecule is COc1ccc(S(=O)(=O)N(CCO)CCO[C@H]2C[C@@H](C3CC3)C=C(C(=O)N3CCCCC3)O2)cc1. The van der Waals surface area contributed by atoms with Crippen LogP contribution < -0.4 is 4.74 Å². The number of aliphatic hydroxyl groups excluding tert-OH is 1. The monoisotopic (exact) mass is 508 g/mol. The van der Waals surface area contributed by atoms with Crippen LogP contribution in [0, 0.1) is 11.8 Å². The lowest BCUT2D eigenvalue weighted by Crippen LogP contribution is -2.40. The van der Waals surface area contributed by atoms with Gasteiger partial charge < -0.3 is 24.2 Å². The van der Waals surface area contributed by atoms with Crippen molar-refractivity contribution in [1.29, 1.82) is 0 Å². The van der Waals surface area contributed by atoms with Crippen LogP contribution in [-0.2, 0) is 24.3 Å². The standard InChI is InChI=1S/C25H36N2O7S/c1-32-21-7-9-22(10-8-21)35(30,31)27(13-15-28)14-16-33-24-18-20(19-5-6-19)17-23(34-24)25(29)26-11-3-2-4-12-26/h7-10,17,19-20,24,28H,2-6,11-16,18H2,1H3/t20-,24+/m0/s1. The van der Waals surface area contributed by atoms with E-state index in [1.807, 2.05) is 11.0 Å². The van der Waals surface area contributed by atoms with Crippen molar-refractivity contribution in [2.45, 2.75) is 49.7 Å². The normalized spacial score (nSPS) is 23.1. The average molecular weight is 509 g/mol. The first-order chi connectivity index (χ1) is 16.9. The van der Waals surface area contributed by atoms with E-state index in [9.17, 15) is 18.3 Å². The third-order valence-corrected chi connectivity index (χ3v) is 8.77. The van der Waals surface area contributed by atoms with Crippen LogP contribution in [0.25, 0.3) is 0 Å². The Labute approximate surface area is 207 Å². The van der Waals surface area contributed by atoms with E-state index in [4.69, 9.17) is 14.2 Å². The molecular formula is C25H36N2O7S. The summed E-state index contributed by atoms with van der Waals surface area (Å²) in [6.45, 7) is 1.28. The van der Waals surface area contributed by atoms with E-state index < -0.39 is 16.3 Å². The Kier molecular flexibility index (Phi) is 8.69. The van der Waals surface area contributed by atoms with Crippen molar-refractivity contribution in [2.24, 2.45) is 11.8 Å². The molecule has 35 heavy (non-hydrogen) atoms. The van der Waals surface area contributed by atoms with Crippen molar-refractivity contribution in [2.75, 3.05) is 46.5 Å². The topological polar surface area (TPSA) is 106 Å². The number of methoxy groups -OCH3 is 1. The summed E-state index contributed by atoms with van der Waals surface area (Å²) < 4.78 is 44.4. The van der Waals surface area contributed by atoms with Crippen molar-refractivity contribution in [1.82, 2.24) is 9.21 Å². The Morgan fingerprint density at radius 2 is 1.86 bits per heavy atom. The Balaban J connectivity index is 1.37. The number of ether oxygens (including phenoxy) is 3. The van der Waals surface area contributed by atoms with E-state index >= 15 is 0 Å². The van der Waals surface area contributed by atoms with Gasteiger partial charge in [0.2, 0.25) is 16.3 Å². The Morgan fingerprint density at radius 3 is 2.49 bits per heavy atom. The van der Waals surface area contributed by atoms with E-state index in [0.29, 0.717) is 23.8 Å². The molecule has 0 spiro atoms. The summed E-state index contributed by atoms with van der Waals surface area (Å²) in [5, 5.41) is 9.46. The number of hydrogen-bond acceptors (Lipinski definition) is 7. The van der Waals surface area contributed by atoms with Crippen molar-refractivity contribution in [3.8, 4) is 5.75 Å². The number of amides is 1. The quantitative estimate of drug-likeness (QED) is 0.489. The number of likely N-dealkylation sites (tertiary alicyclic amines) is 1. The fourth-order valence-electron chi connectivity index (χ4n) is 4.69. The van der Waals surface area contributed by atoms with Crippen molar-refractivity contribution >= 4 is 15.9 Å². The third-order valence-electron chi connectivity index (χ3n) is 6.86. The van der Waals surface area contributed by atoms with Gasteiger partial charge in [0.25, 0.3) is 5.91 Å². The van der Waals surface area contributed by atoms with Gasteiger partial charge in [-0.25, -0.2) is 8.42 Å². The number of rotatable bonds is 11. The number of carbonyl (C=O) groups excluding carboxylic acids is 1. The molecule has 2 atom stereocenters. The summed E-state index contributed by atoms with van der Waals surface area (Å²) in [6, 6.07) is 6.13. The fourth-order valence-corrected chi connectivity index (χ4v) is 6.10. The van der Waals surface area contributed by atoms with Crippen molar-refractivity contribution in [3.63, 3.8) is 0 Å². The Hall–Kier alpha value is -2.14. The van der Waals surface area contributed by atoms with Crippen LogP contribution in [0.2, 0.25) is 0 Å². The first-order valence-electron chi connectivity index (χ1n) is 12.5. The van der Waals surface area contributed by atoms with Crippen LogP contribution >= 0.6 is 0 Å². The molecule has 10 heteroatoms. The predicted octanol–water partition coefficient (Wildman–Crippen LogP) is 2.36. The Bertz CT molecular complexity index is 986. The summed E-state index contributed by atoms with van der Waals surface area (Å²) >= 11 is 0. The molecule has 1 amide bonds. The van der Waals surface area contributed by atoms with Crippen LogP contribution in [0.3, 0.4) is 0 Å². The highest BCUT2D eigenvalue weighted by Gasteiger charge is 2.38. The molecule has 1 aromatic carbocycles. The van der Waals surface area contributed by atoms with Crippen LogP contribution in [0.5, 0.6) is 5.75 Å². The maximum atomic E-state index is 13.1. The molecule has 9 nitrogen and oxygen atoms in total. The molecule has 2 aliphatic heterocycles. The minimum atomic E-state index is -3.82. The van der Waals surface area contributed by atoms with E-state index in [1.165, 1.54) is 23.5 Å². The van der Waals surface area contributed by atoms with E-state index in [0.717, 1.165) is 45.2 Å². The molecule has 0 bridgehead atoms. The van der Waals surface area contributed by atoms with E-state index in [2.05, 4.69) is 0 Å². The maximum Gasteiger partial charge on any atom is 0.288 e. The maximum absolute atomic E-state index is 13.1.